The van der Waals surface area contributed by atoms with Gasteiger partial charge in [-0.25, -0.2) is 9.97 Å². The van der Waals surface area contributed by atoms with Gasteiger partial charge in [-0.1, -0.05) is 41.7 Å². The lowest BCUT2D eigenvalue weighted by atomic mass is 10.0. The Hall–Kier alpha value is -2.99. The number of anilines is 1. The molecule has 2 aromatic heterocycles. The Kier molecular flexibility index (Phi) is 6.02. The number of hydrogen-bond acceptors (Lipinski definition) is 7. The molecule has 1 amide bonds. The fourth-order valence-electron chi connectivity index (χ4n) is 4.27. The van der Waals surface area contributed by atoms with Crippen molar-refractivity contribution in [3.05, 3.63) is 52.1 Å². The van der Waals surface area contributed by atoms with Crippen LogP contribution in [0.5, 0.6) is 0 Å². The first-order valence-electron chi connectivity index (χ1n) is 11.0. The summed E-state index contributed by atoms with van der Waals surface area (Å²) < 4.78 is 47.4. The zero-order valence-corrected chi connectivity index (χ0v) is 18.9. The smallest absolute Gasteiger partial charge is 0.381 e. The fraction of sp³-hybridized carbons (Fsp3) is 0.455. The van der Waals surface area contributed by atoms with E-state index in [1.165, 1.54) is 0 Å². The fourth-order valence-corrected chi connectivity index (χ4v) is 5.28. The number of fused-ring (bicyclic) bond motifs is 1. The zero-order valence-electron chi connectivity index (χ0n) is 18.0. The number of aromatic nitrogens is 3. The highest BCUT2D eigenvalue weighted by molar-refractivity contribution is 7.21. The second-order valence-corrected chi connectivity index (χ2v) is 9.26. The van der Waals surface area contributed by atoms with Gasteiger partial charge in [-0.3, -0.25) is 14.2 Å². The zero-order chi connectivity index (χ0) is 23.9. The summed E-state index contributed by atoms with van der Waals surface area (Å²) in [6.07, 6.45) is -3.61. The van der Waals surface area contributed by atoms with Gasteiger partial charge in [0.15, 0.2) is 15.5 Å². The van der Waals surface area contributed by atoms with Crippen molar-refractivity contribution >= 4 is 32.7 Å². The molecule has 0 radical (unpaired) electrons. The second-order valence-electron chi connectivity index (χ2n) is 8.30. The monoisotopic (exact) mass is 493 g/mol. The van der Waals surface area contributed by atoms with E-state index in [2.05, 4.69) is 15.3 Å². The van der Waals surface area contributed by atoms with Crippen LogP contribution in [0.25, 0.3) is 10.3 Å². The Morgan fingerprint density at radius 3 is 2.53 bits per heavy atom. The second kappa shape index (κ2) is 8.99. The van der Waals surface area contributed by atoms with Gasteiger partial charge < -0.3 is 15.0 Å². The first-order chi connectivity index (χ1) is 16.3. The lowest BCUT2D eigenvalue weighted by Crippen LogP contribution is -2.56. The Balaban J connectivity index is 1.43. The number of rotatable bonds is 5. The highest BCUT2D eigenvalue weighted by Gasteiger charge is 2.41. The summed E-state index contributed by atoms with van der Waals surface area (Å²) >= 11 is 0.902. The Morgan fingerprint density at radius 2 is 1.88 bits per heavy atom. The quantitative estimate of drug-likeness (QED) is 0.588. The minimum absolute atomic E-state index is 0.0778. The molecule has 1 unspecified atom stereocenters. The van der Waals surface area contributed by atoms with Crippen molar-refractivity contribution < 1.29 is 22.7 Å². The Morgan fingerprint density at radius 1 is 1.15 bits per heavy atom. The maximum Gasteiger partial charge on any atom is 0.449 e. The average molecular weight is 494 g/mol. The number of amides is 1. The number of alkyl halides is 3. The molecule has 0 saturated carbocycles. The number of carbonyl (C=O) groups excluding carboxylic acids is 1. The van der Waals surface area contributed by atoms with Gasteiger partial charge in [0.2, 0.25) is 11.7 Å². The summed E-state index contributed by atoms with van der Waals surface area (Å²) in [5.41, 5.74) is 0.0476. The van der Waals surface area contributed by atoms with E-state index >= 15 is 0 Å². The largest absolute Gasteiger partial charge is 0.449 e. The highest BCUT2D eigenvalue weighted by Crippen LogP contribution is 2.36. The SMILES string of the molecule is O=C(NCc1ccccc1)C1CCN1c1nc2c(=O)n(C3CCOCC3)c(C(F)(F)F)nc2s1. The molecule has 8 nitrogen and oxygen atoms in total. The first-order valence-corrected chi connectivity index (χ1v) is 11.8. The number of nitrogens with zero attached hydrogens (tertiary/aromatic N) is 4. The summed E-state index contributed by atoms with van der Waals surface area (Å²) in [5, 5.41) is 3.20. The lowest BCUT2D eigenvalue weighted by molar-refractivity contribution is -0.149. The summed E-state index contributed by atoms with van der Waals surface area (Å²) in [6.45, 7) is 1.45. The van der Waals surface area contributed by atoms with E-state index in [-0.39, 0.29) is 29.5 Å². The van der Waals surface area contributed by atoms with Crippen LogP contribution in [0.15, 0.2) is 35.1 Å². The number of hydrogen-bond donors (Lipinski definition) is 1. The molecule has 1 atom stereocenters. The van der Waals surface area contributed by atoms with Crippen molar-refractivity contribution in [1.82, 2.24) is 19.9 Å². The molecule has 34 heavy (non-hydrogen) atoms. The van der Waals surface area contributed by atoms with Crippen molar-refractivity contribution in [2.45, 2.75) is 44.1 Å². The van der Waals surface area contributed by atoms with E-state index in [0.717, 1.165) is 21.5 Å². The molecule has 2 fully saturated rings. The normalized spacial score (nSPS) is 19.3. The topological polar surface area (TPSA) is 89.4 Å². The first kappa shape index (κ1) is 22.8. The summed E-state index contributed by atoms with van der Waals surface area (Å²) in [5.74, 6) is -1.41. The van der Waals surface area contributed by atoms with E-state index in [9.17, 15) is 22.8 Å². The number of thiazole rings is 1. The van der Waals surface area contributed by atoms with Crippen LogP contribution in [-0.2, 0) is 22.3 Å². The molecule has 2 aliphatic rings. The van der Waals surface area contributed by atoms with Crippen LogP contribution in [0.3, 0.4) is 0 Å². The van der Waals surface area contributed by atoms with Gasteiger partial charge in [0.1, 0.15) is 6.04 Å². The minimum Gasteiger partial charge on any atom is -0.381 e. The summed E-state index contributed by atoms with van der Waals surface area (Å²) in [7, 11) is 0. The number of carbonyl (C=O) groups is 1. The third kappa shape index (κ3) is 4.27. The van der Waals surface area contributed by atoms with Gasteiger partial charge in [-0.2, -0.15) is 13.2 Å². The molecule has 2 saturated heterocycles. The summed E-state index contributed by atoms with van der Waals surface area (Å²) in [4.78, 5) is 35.6. The van der Waals surface area contributed by atoms with Crippen molar-refractivity contribution in [2.75, 3.05) is 24.7 Å². The molecular formula is C22H22F3N5O3S. The maximum absolute atomic E-state index is 13.8. The van der Waals surface area contributed by atoms with Crippen LogP contribution in [0.2, 0.25) is 0 Å². The van der Waals surface area contributed by atoms with Gasteiger partial charge in [0.25, 0.3) is 5.56 Å². The molecule has 5 rings (SSSR count). The van der Waals surface area contributed by atoms with E-state index in [1.54, 1.807) is 4.90 Å². The molecular weight excluding hydrogens is 471 g/mol. The van der Waals surface area contributed by atoms with Crippen molar-refractivity contribution in [3.8, 4) is 0 Å². The molecule has 0 spiro atoms. The van der Waals surface area contributed by atoms with Crippen LogP contribution >= 0.6 is 11.3 Å². The van der Waals surface area contributed by atoms with Crippen molar-refractivity contribution in [1.29, 1.82) is 0 Å². The third-order valence-corrected chi connectivity index (χ3v) is 7.13. The van der Waals surface area contributed by atoms with Gasteiger partial charge >= 0.3 is 6.18 Å². The maximum atomic E-state index is 13.8. The molecule has 4 heterocycles. The molecule has 0 bridgehead atoms. The molecule has 180 valence electrons. The van der Waals surface area contributed by atoms with Gasteiger partial charge in [-0.05, 0) is 24.8 Å². The standard InChI is InChI=1S/C22H22F3N5O3S/c23-22(24,25)20-28-18-16(19(32)30(20)14-7-10-33-11-8-14)27-21(34-18)29-9-6-15(29)17(31)26-12-13-4-2-1-3-5-13/h1-5,14-15H,6-12H2,(H,26,31). The lowest BCUT2D eigenvalue weighted by Gasteiger charge is -2.39. The van der Waals surface area contributed by atoms with Crippen LogP contribution in [0.4, 0.5) is 18.3 Å². The predicted octanol–water partition coefficient (Wildman–Crippen LogP) is 3.12. The van der Waals surface area contributed by atoms with Crippen LogP contribution in [-0.4, -0.2) is 46.2 Å². The Labute approximate surface area is 196 Å². The van der Waals surface area contributed by atoms with Gasteiger partial charge in [0, 0.05) is 32.3 Å². The van der Waals surface area contributed by atoms with E-state index in [0.29, 0.717) is 37.5 Å². The van der Waals surface area contributed by atoms with E-state index in [4.69, 9.17) is 4.74 Å². The number of nitrogens with one attached hydrogen (secondary N) is 1. The highest BCUT2D eigenvalue weighted by atomic mass is 32.1. The van der Waals surface area contributed by atoms with Crippen LogP contribution < -0.4 is 15.8 Å². The molecule has 1 aromatic carbocycles. The number of halogens is 3. The molecule has 12 heteroatoms. The van der Waals surface area contributed by atoms with Crippen molar-refractivity contribution in [2.24, 2.45) is 0 Å². The predicted molar refractivity (Wildman–Crippen MR) is 120 cm³/mol. The minimum atomic E-state index is -4.79. The molecule has 3 aromatic rings. The average Bonchev–Trinajstić information content (AvgIpc) is 3.21. The molecule has 0 aliphatic carbocycles. The van der Waals surface area contributed by atoms with Crippen molar-refractivity contribution in [3.63, 3.8) is 0 Å². The van der Waals surface area contributed by atoms with E-state index < -0.39 is 29.6 Å². The van der Waals surface area contributed by atoms with Crippen LogP contribution in [0, 0.1) is 0 Å². The molecule has 1 N–H and O–H groups in total. The summed E-state index contributed by atoms with van der Waals surface area (Å²) in [6, 6.07) is 8.31. The number of benzene rings is 1. The Bertz CT molecular complexity index is 1250. The van der Waals surface area contributed by atoms with Crippen LogP contribution in [0.1, 0.15) is 36.7 Å². The third-order valence-electron chi connectivity index (χ3n) is 6.14. The van der Waals surface area contributed by atoms with Gasteiger partial charge in [0.05, 0.1) is 0 Å². The molecule has 2 aliphatic heterocycles. The van der Waals surface area contributed by atoms with E-state index in [1.807, 2.05) is 30.3 Å². The number of ether oxygens (including phenoxy) is 1. The van der Waals surface area contributed by atoms with Gasteiger partial charge in [-0.15, -0.1) is 0 Å².